The molecule has 0 saturated carbocycles. The predicted molar refractivity (Wildman–Crippen MR) is 117 cm³/mol. The first-order valence-corrected chi connectivity index (χ1v) is 11.0. The number of aromatic nitrogens is 3. The summed E-state index contributed by atoms with van der Waals surface area (Å²) in [6.45, 7) is 1.92. The van der Waals surface area contributed by atoms with Crippen molar-refractivity contribution in [2.45, 2.75) is 18.4 Å². The van der Waals surface area contributed by atoms with Gasteiger partial charge in [0.15, 0.2) is 5.65 Å². The Labute approximate surface area is 180 Å². The number of methoxy groups -OCH3 is 2. The third-order valence-electron chi connectivity index (χ3n) is 4.98. The van der Waals surface area contributed by atoms with Gasteiger partial charge in [0.05, 0.1) is 26.5 Å². The zero-order chi connectivity index (χ0) is 22.0. The van der Waals surface area contributed by atoms with Gasteiger partial charge in [-0.3, -0.25) is 8.71 Å². The molecule has 0 aliphatic rings. The van der Waals surface area contributed by atoms with Crippen LogP contribution >= 0.6 is 0 Å². The summed E-state index contributed by atoms with van der Waals surface area (Å²) in [4.78, 5) is 0.146. The molecule has 0 amide bonds. The average molecular weight is 439 g/mol. The smallest absolute Gasteiger partial charge is 0.266 e. The van der Waals surface area contributed by atoms with E-state index in [1.807, 2.05) is 12.1 Å². The SMILES string of the molecule is COc1ccc(CN(c2ccc(OC)cc2)S(=O)(=O)c2ccc3nnc(C)n3c2)cc1. The van der Waals surface area contributed by atoms with E-state index in [-0.39, 0.29) is 11.4 Å². The van der Waals surface area contributed by atoms with Crippen LogP contribution in [-0.4, -0.2) is 37.2 Å². The molecule has 2 aromatic heterocycles. The van der Waals surface area contributed by atoms with Crippen molar-refractivity contribution in [3.63, 3.8) is 0 Å². The fourth-order valence-electron chi connectivity index (χ4n) is 3.23. The van der Waals surface area contributed by atoms with Crippen molar-refractivity contribution in [1.82, 2.24) is 14.6 Å². The first-order valence-electron chi connectivity index (χ1n) is 9.53. The number of benzene rings is 2. The minimum atomic E-state index is -3.89. The zero-order valence-corrected chi connectivity index (χ0v) is 18.2. The van der Waals surface area contributed by atoms with E-state index in [2.05, 4.69) is 10.2 Å². The van der Waals surface area contributed by atoms with Gasteiger partial charge in [-0.25, -0.2) is 8.42 Å². The first-order chi connectivity index (χ1) is 14.9. The number of sulfonamides is 1. The number of pyridine rings is 1. The van der Waals surface area contributed by atoms with Gasteiger partial charge in [0.2, 0.25) is 0 Å². The number of rotatable bonds is 7. The Morgan fingerprint density at radius 2 is 1.48 bits per heavy atom. The molecule has 160 valence electrons. The second-order valence-corrected chi connectivity index (χ2v) is 8.76. The molecule has 4 aromatic rings. The summed E-state index contributed by atoms with van der Waals surface area (Å²) in [5.74, 6) is 1.96. The van der Waals surface area contributed by atoms with Crippen molar-refractivity contribution in [2.75, 3.05) is 18.5 Å². The Balaban J connectivity index is 1.79. The number of hydrogen-bond acceptors (Lipinski definition) is 6. The third kappa shape index (κ3) is 4.04. The number of nitrogens with zero attached hydrogens (tertiary/aromatic N) is 4. The molecule has 0 atom stereocenters. The van der Waals surface area contributed by atoms with Crippen LogP contribution in [0.4, 0.5) is 5.69 Å². The van der Waals surface area contributed by atoms with Crippen LogP contribution in [0.15, 0.2) is 71.8 Å². The lowest BCUT2D eigenvalue weighted by molar-refractivity contribution is 0.414. The topological polar surface area (TPSA) is 86.0 Å². The van der Waals surface area contributed by atoms with Crippen molar-refractivity contribution >= 4 is 21.4 Å². The normalized spacial score (nSPS) is 11.5. The summed E-state index contributed by atoms with van der Waals surface area (Å²) >= 11 is 0. The molecule has 0 saturated heterocycles. The molecule has 31 heavy (non-hydrogen) atoms. The maximum Gasteiger partial charge on any atom is 0.266 e. The molecule has 0 unspecified atom stereocenters. The molecular formula is C22H22N4O4S. The molecule has 0 fully saturated rings. The highest BCUT2D eigenvalue weighted by atomic mass is 32.2. The van der Waals surface area contributed by atoms with Crippen LogP contribution in [-0.2, 0) is 16.6 Å². The van der Waals surface area contributed by atoms with E-state index >= 15 is 0 Å². The van der Waals surface area contributed by atoms with Crippen LogP contribution in [0.25, 0.3) is 5.65 Å². The monoisotopic (exact) mass is 438 g/mol. The second-order valence-electron chi connectivity index (χ2n) is 6.90. The molecule has 2 aromatic carbocycles. The minimum Gasteiger partial charge on any atom is -0.497 e. The molecule has 0 aliphatic heterocycles. The van der Waals surface area contributed by atoms with Gasteiger partial charge in [-0.15, -0.1) is 10.2 Å². The Morgan fingerprint density at radius 3 is 2.10 bits per heavy atom. The fraction of sp³-hybridized carbons (Fsp3) is 0.182. The van der Waals surface area contributed by atoms with Gasteiger partial charge in [-0.1, -0.05) is 12.1 Å². The fourth-order valence-corrected chi connectivity index (χ4v) is 4.68. The van der Waals surface area contributed by atoms with E-state index in [1.165, 1.54) is 4.31 Å². The Morgan fingerprint density at radius 1 is 0.871 bits per heavy atom. The van der Waals surface area contributed by atoms with Crippen molar-refractivity contribution < 1.29 is 17.9 Å². The molecule has 0 aliphatic carbocycles. The summed E-state index contributed by atoms with van der Waals surface area (Å²) in [5, 5.41) is 8.03. The molecule has 8 nitrogen and oxygen atoms in total. The lowest BCUT2D eigenvalue weighted by Crippen LogP contribution is -2.30. The Bertz CT molecular complexity index is 1300. The third-order valence-corrected chi connectivity index (χ3v) is 6.74. The highest BCUT2D eigenvalue weighted by molar-refractivity contribution is 7.92. The summed E-state index contributed by atoms with van der Waals surface area (Å²) in [6, 6.07) is 17.4. The quantitative estimate of drug-likeness (QED) is 0.439. The van der Waals surface area contributed by atoms with Crippen LogP contribution in [0.1, 0.15) is 11.4 Å². The summed E-state index contributed by atoms with van der Waals surface area (Å²) in [7, 11) is -0.732. The van der Waals surface area contributed by atoms with Gasteiger partial charge in [0, 0.05) is 6.20 Å². The van der Waals surface area contributed by atoms with Crippen LogP contribution in [0.3, 0.4) is 0 Å². The molecule has 2 heterocycles. The summed E-state index contributed by atoms with van der Waals surface area (Å²) in [5.41, 5.74) is 1.93. The molecular weight excluding hydrogens is 416 g/mol. The largest absolute Gasteiger partial charge is 0.497 e. The molecule has 0 N–H and O–H groups in total. The van der Waals surface area contributed by atoms with Gasteiger partial charge in [0.25, 0.3) is 10.0 Å². The van der Waals surface area contributed by atoms with Gasteiger partial charge in [-0.2, -0.15) is 0 Å². The van der Waals surface area contributed by atoms with Crippen LogP contribution in [0.2, 0.25) is 0 Å². The standard InChI is InChI=1S/C22H22N4O4S/c1-16-23-24-22-13-12-21(15-25(16)22)31(27,28)26(18-6-10-20(30-3)11-7-18)14-17-4-8-19(29-2)9-5-17/h4-13,15H,14H2,1-3H3. The van der Waals surface area contributed by atoms with Gasteiger partial charge in [0.1, 0.15) is 22.2 Å². The van der Waals surface area contributed by atoms with Crippen LogP contribution in [0, 0.1) is 6.92 Å². The van der Waals surface area contributed by atoms with E-state index in [4.69, 9.17) is 9.47 Å². The van der Waals surface area contributed by atoms with Gasteiger partial charge in [-0.05, 0) is 61.0 Å². The molecule has 9 heteroatoms. The number of fused-ring (bicyclic) bond motifs is 1. The lowest BCUT2D eigenvalue weighted by Gasteiger charge is -2.25. The Hall–Kier alpha value is -3.59. The van der Waals surface area contributed by atoms with E-state index in [1.54, 1.807) is 80.3 Å². The molecule has 4 rings (SSSR count). The maximum atomic E-state index is 13.7. The highest BCUT2D eigenvalue weighted by Gasteiger charge is 2.26. The zero-order valence-electron chi connectivity index (χ0n) is 17.4. The van der Waals surface area contributed by atoms with Crippen LogP contribution < -0.4 is 13.8 Å². The summed E-state index contributed by atoms with van der Waals surface area (Å²) in [6.07, 6.45) is 1.55. The number of hydrogen-bond donors (Lipinski definition) is 0. The number of aryl methyl sites for hydroxylation is 1. The molecule has 0 spiro atoms. The summed E-state index contributed by atoms with van der Waals surface area (Å²) < 4.78 is 40.9. The maximum absolute atomic E-state index is 13.7. The minimum absolute atomic E-state index is 0.146. The highest BCUT2D eigenvalue weighted by Crippen LogP contribution is 2.28. The van der Waals surface area contributed by atoms with E-state index in [0.717, 1.165) is 5.56 Å². The van der Waals surface area contributed by atoms with E-state index < -0.39 is 10.0 Å². The number of ether oxygens (including phenoxy) is 2. The lowest BCUT2D eigenvalue weighted by atomic mass is 10.2. The Kier molecular flexibility index (Phi) is 5.51. The van der Waals surface area contributed by atoms with Crippen LogP contribution in [0.5, 0.6) is 11.5 Å². The van der Waals surface area contributed by atoms with E-state index in [9.17, 15) is 8.42 Å². The second kappa shape index (κ2) is 8.27. The van der Waals surface area contributed by atoms with Crippen molar-refractivity contribution in [2.24, 2.45) is 0 Å². The van der Waals surface area contributed by atoms with Gasteiger partial charge < -0.3 is 9.47 Å². The molecule has 0 bridgehead atoms. The first kappa shape index (κ1) is 20.7. The molecule has 0 radical (unpaired) electrons. The van der Waals surface area contributed by atoms with Gasteiger partial charge >= 0.3 is 0 Å². The predicted octanol–water partition coefficient (Wildman–Crippen LogP) is 3.45. The van der Waals surface area contributed by atoms with E-state index in [0.29, 0.717) is 28.7 Å². The van der Waals surface area contributed by atoms with Crippen molar-refractivity contribution in [1.29, 1.82) is 0 Å². The van der Waals surface area contributed by atoms with Crippen molar-refractivity contribution in [3.8, 4) is 11.5 Å². The van der Waals surface area contributed by atoms with Crippen molar-refractivity contribution in [3.05, 3.63) is 78.2 Å². The average Bonchev–Trinajstić information content (AvgIpc) is 3.18. The number of anilines is 1.